The second-order valence-corrected chi connectivity index (χ2v) is 5.81. The smallest absolute Gasteiger partial charge is 0.326 e. The average molecular weight is 276 g/mol. The van der Waals surface area contributed by atoms with E-state index >= 15 is 0 Å². The van der Waals surface area contributed by atoms with Gasteiger partial charge < -0.3 is 15.7 Å². The third-order valence-electron chi connectivity index (χ3n) is 2.44. The fourth-order valence-electron chi connectivity index (χ4n) is 1.48. The molecule has 0 aromatic heterocycles. The van der Waals surface area contributed by atoms with Crippen LogP contribution < -0.4 is 10.6 Å². The molecule has 0 saturated carbocycles. The molecule has 0 aromatic rings. The Balaban J connectivity index is 4.13. The highest BCUT2D eigenvalue weighted by atomic mass is 32.2. The third-order valence-corrected chi connectivity index (χ3v) is 3.09. The van der Waals surface area contributed by atoms with Crippen LogP contribution in [0.1, 0.15) is 33.6 Å². The number of aliphatic carboxylic acids is 1. The zero-order chi connectivity index (χ0) is 14.1. The summed E-state index contributed by atoms with van der Waals surface area (Å²) in [7, 11) is 0. The number of carboxylic acid groups (broad SMARTS) is 1. The first-order valence-electron chi connectivity index (χ1n) is 6.15. The summed E-state index contributed by atoms with van der Waals surface area (Å²) in [5.74, 6) is 0.200. The number of nitrogens with one attached hydrogen (secondary N) is 2. The minimum absolute atomic E-state index is 0.0472. The summed E-state index contributed by atoms with van der Waals surface area (Å²) in [4.78, 5) is 22.6. The molecule has 6 heteroatoms. The van der Waals surface area contributed by atoms with E-state index in [-0.39, 0.29) is 12.0 Å². The molecule has 0 fully saturated rings. The summed E-state index contributed by atoms with van der Waals surface area (Å²) < 4.78 is 0. The molecular weight excluding hydrogens is 252 g/mol. The SMILES string of the molecule is CSCCC(C)NC(=O)N[C@@H](CC(C)C)C(=O)O. The average Bonchev–Trinajstić information content (AvgIpc) is 2.24. The Bertz CT molecular complexity index is 272. The lowest BCUT2D eigenvalue weighted by Gasteiger charge is -2.19. The van der Waals surface area contributed by atoms with Crippen LogP contribution >= 0.6 is 11.8 Å². The maximum absolute atomic E-state index is 11.6. The number of thioether (sulfide) groups is 1. The summed E-state index contributed by atoms with van der Waals surface area (Å²) in [6.07, 6.45) is 3.31. The van der Waals surface area contributed by atoms with Crippen LogP contribution in [0.4, 0.5) is 4.79 Å². The molecule has 0 spiro atoms. The molecule has 0 radical (unpaired) electrons. The summed E-state index contributed by atoms with van der Waals surface area (Å²) >= 11 is 1.72. The van der Waals surface area contributed by atoms with Gasteiger partial charge in [-0.15, -0.1) is 0 Å². The Kier molecular flexibility index (Phi) is 8.62. The van der Waals surface area contributed by atoms with Crippen molar-refractivity contribution in [2.75, 3.05) is 12.0 Å². The predicted molar refractivity (Wildman–Crippen MR) is 75.0 cm³/mol. The van der Waals surface area contributed by atoms with Crippen molar-refractivity contribution in [2.24, 2.45) is 5.92 Å². The molecule has 3 N–H and O–H groups in total. The van der Waals surface area contributed by atoms with E-state index < -0.39 is 18.0 Å². The maximum Gasteiger partial charge on any atom is 0.326 e. The van der Waals surface area contributed by atoms with Gasteiger partial charge in [0.1, 0.15) is 6.04 Å². The van der Waals surface area contributed by atoms with Crippen molar-refractivity contribution in [1.29, 1.82) is 0 Å². The van der Waals surface area contributed by atoms with Gasteiger partial charge in [-0.1, -0.05) is 13.8 Å². The van der Waals surface area contributed by atoms with Crippen molar-refractivity contribution in [3.63, 3.8) is 0 Å². The monoisotopic (exact) mass is 276 g/mol. The summed E-state index contributed by atoms with van der Waals surface area (Å²) in [6, 6.07) is -1.18. The third kappa shape index (κ3) is 8.22. The Morgan fingerprint density at radius 1 is 1.22 bits per heavy atom. The Morgan fingerprint density at radius 2 is 1.83 bits per heavy atom. The minimum Gasteiger partial charge on any atom is -0.480 e. The van der Waals surface area contributed by atoms with Crippen LogP contribution in [0.25, 0.3) is 0 Å². The van der Waals surface area contributed by atoms with E-state index in [9.17, 15) is 9.59 Å². The molecule has 0 aliphatic rings. The van der Waals surface area contributed by atoms with Crippen molar-refractivity contribution in [3.8, 4) is 0 Å². The number of rotatable bonds is 8. The van der Waals surface area contributed by atoms with Crippen molar-refractivity contribution in [2.45, 2.75) is 45.7 Å². The summed E-state index contributed by atoms with van der Waals surface area (Å²) in [5.41, 5.74) is 0. The number of hydrogen-bond acceptors (Lipinski definition) is 3. The Hall–Kier alpha value is -0.910. The summed E-state index contributed by atoms with van der Waals surface area (Å²) in [5, 5.41) is 14.2. The molecule has 0 aromatic carbocycles. The maximum atomic E-state index is 11.6. The fourth-order valence-corrected chi connectivity index (χ4v) is 2.07. The molecule has 18 heavy (non-hydrogen) atoms. The number of hydrogen-bond donors (Lipinski definition) is 3. The van der Waals surface area contributed by atoms with Gasteiger partial charge in [0.05, 0.1) is 0 Å². The van der Waals surface area contributed by atoms with E-state index in [1.165, 1.54) is 0 Å². The van der Waals surface area contributed by atoms with Crippen LogP contribution in [-0.4, -0.2) is 41.2 Å². The second kappa shape index (κ2) is 9.08. The fraction of sp³-hybridized carbons (Fsp3) is 0.833. The van der Waals surface area contributed by atoms with Crippen LogP contribution in [0.5, 0.6) is 0 Å². The van der Waals surface area contributed by atoms with Crippen molar-refractivity contribution >= 4 is 23.8 Å². The molecule has 2 amide bonds. The number of amides is 2. The van der Waals surface area contributed by atoms with Crippen LogP contribution in [-0.2, 0) is 4.79 Å². The second-order valence-electron chi connectivity index (χ2n) is 4.82. The van der Waals surface area contributed by atoms with Crippen molar-refractivity contribution in [3.05, 3.63) is 0 Å². The molecule has 5 nitrogen and oxygen atoms in total. The lowest BCUT2D eigenvalue weighted by Crippen LogP contribution is -2.48. The van der Waals surface area contributed by atoms with Crippen molar-refractivity contribution < 1.29 is 14.7 Å². The van der Waals surface area contributed by atoms with E-state index in [0.717, 1.165) is 12.2 Å². The Morgan fingerprint density at radius 3 is 2.28 bits per heavy atom. The molecule has 106 valence electrons. The number of urea groups is 1. The molecule has 1 unspecified atom stereocenters. The highest BCUT2D eigenvalue weighted by molar-refractivity contribution is 7.98. The molecule has 0 heterocycles. The van der Waals surface area contributed by atoms with Crippen LogP contribution in [0.3, 0.4) is 0 Å². The quantitative estimate of drug-likeness (QED) is 0.633. The Labute approximate surface area is 113 Å². The van der Waals surface area contributed by atoms with Gasteiger partial charge >= 0.3 is 12.0 Å². The van der Waals surface area contributed by atoms with Gasteiger partial charge in [-0.05, 0) is 37.7 Å². The van der Waals surface area contributed by atoms with Crippen LogP contribution in [0.2, 0.25) is 0 Å². The highest BCUT2D eigenvalue weighted by Crippen LogP contribution is 2.05. The van der Waals surface area contributed by atoms with Gasteiger partial charge in [0, 0.05) is 6.04 Å². The first-order chi connectivity index (χ1) is 8.36. The first kappa shape index (κ1) is 17.1. The highest BCUT2D eigenvalue weighted by Gasteiger charge is 2.21. The lowest BCUT2D eigenvalue weighted by molar-refractivity contribution is -0.139. The van der Waals surface area contributed by atoms with E-state index in [4.69, 9.17) is 5.11 Å². The number of carbonyl (C=O) groups is 2. The zero-order valence-electron chi connectivity index (χ0n) is 11.5. The topological polar surface area (TPSA) is 78.4 Å². The van der Waals surface area contributed by atoms with E-state index in [2.05, 4.69) is 10.6 Å². The molecule has 0 bridgehead atoms. The molecule has 0 aliphatic carbocycles. The molecule has 0 aliphatic heterocycles. The predicted octanol–water partition coefficient (Wildman–Crippen LogP) is 1.93. The van der Waals surface area contributed by atoms with Crippen molar-refractivity contribution in [1.82, 2.24) is 10.6 Å². The van der Waals surface area contributed by atoms with Gasteiger partial charge in [0.15, 0.2) is 0 Å². The largest absolute Gasteiger partial charge is 0.480 e. The van der Waals surface area contributed by atoms with Gasteiger partial charge in [-0.3, -0.25) is 0 Å². The van der Waals surface area contributed by atoms with E-state index in [1.807, 2.05) is 27.0 Å². The number of carbonyl (C=O) groups excluding carboxylic acids is 1. The molecule has 0 saturated heterocycles. The van der Waals surface area contributed by atoms with Crippen LogP contribution in [0, 0.1) is 5.92 Å². The lowest BCUT2D eigenvalue weighted by atomic mass is 10.0. The zero-order valence-corrected chi connectivity index (χ0v) is 12.3. The molecule has 2 atom stereocenters. The van der Waals surface area contributed by atoms with Crippen LogP contribution in [0.15, 0.2) is 0 Å². The molecule has 0 rings (SSSR count). The van der Waals surface area contributed by atoms with E-state index in [1.54, 1.807) is 11.8 Å². The normalized spacial score (nSPS) is 14.1. The van der Waals surface area contributed by atoms with Gasteiger partial charge in [0.25, 0.3) is 0 Å². The first-order valence-corrected chi connectivity index (χ1v) is 7.55. The van der Waals surface area contributed by atoms with E-state index in [0.29, 0.717) is 6.42 Å². The van der Waals surface area contributed by atoms with Gasteiger partial charge in [0.2, 0.25) is 0 Å². The minimum atomic E-state index is -0.990. The number of carboxylic acids is 1. The molecular formula is C12H24N2O3S. The standard InChI is InChI=1S/C12H24N2O3S/c1-8(2)7-10(11(15)16)14-12(17)13-9(3)5-6-18-4/h8-10H,5-7H2,1-4H3,(H,15,16)(H2,13,14,17)/t9?,10-/m0/s1. The van der Waals surface area contributed by atoms with Gasteiger partial charge in [-0.25, -0.2) is 9.59 Å². The van der Waals surface area contributed by atoms with Gasteiger partial charge in [-0.2, -0.15) is 11.8 Å². The summed E-state index contributed by atoms with van der Waals surface area (Å²) in [6.45, 7) is 5.77.